The molecule has 0 radical (unpaired) electrons. The molecule has 2 N–H and O–H groups in total. The van der Waals surface area contributed by atoms with Crippen LogP contribution in [0.4, 0.5) is 5.82 Å². The van der Waals surface area contributed by atoms with E-state index in [1.165, 1.54) is 25.7 Å². The standard InChI is InChI=1S/C24H35N5O/c1-4-18(5-2)26-22-21-23(29(16-25-21)19-10-6-7-11-19)28-20(27-22)12-14-24(30)13-8-9-17(3)15-24/h16-19,30H,4-11,13,15H2,1-3H3,(H,26,27,28)/t17-,24-/m1/s1. The summed E-state index contributed by atoms with van der Waals surface area (Å²) in [7, 11) is 0. The second-order valence-electron chi connectivity index (χ2n) is 9.30. The van der Waals surface area contributed by atoms with E-state index in [4.69, 9.17) is 9.97 Å². The quantitative estimate of drug-likeness (QED) is 0.692. The van der Waals surface area contributed by atoms with Crippen molar-refractivity contribution in [3.8, 4) is 11.8 Å². The second kappa shape index (κ2) is 8.93. The van der Waals surface area contributed by atoms with Gasteiger partial charge in [0.15, 0.2) is 17.0 Å². The van der Waals surface area contributed by atoms with Gasteiger partial charge in [0, 0.05) is 12.1 Å². The molecule has 6 heteroatoms. The maximum absolute atomic E-state index is 10.9. The zero-order chi connectivity index (χ0) is 21.1. The van der Waals surface area contributed by atoms with Gasteiger partial charge >= 0.3 is 0 Å². The fourth-order valence-corrected chi connectivity index (χ4v) is 5.02. The zero-order valence-corrected chi connectivity index (χ0v) is 18.6. The molecule has 2 atom stereocenters. The van der Waals surface area contributed by atoms with Crippen LogP contribution in [-0.4, -0.2) is 36.3 Å². The highest BCUT2D eigenvalue weighted by atomic mass is 16.3. The first-order chi connectivity index (χ1) is 14.5. The molecule has 0 spiro atoms. The van der Waals surface area contributed by atoms with E-state index in [0.717, 1.165) is 55.5 Å². The van der Waals surface area contributed by atoms with E-state index in [-0.39, 0.29) is 0 Å². The van der Waals surface area contributed by atoms with Gasteiger partial charge in [-0.05, 0) is 56.8 Å². The second-order valence-corrected chi connectivity index (χ2v) is 9.30. The van der Waals surface area contributed by atoms with Gasteiger partial charge in [-0.3, -0.25) is 0 Å². The van der Waals surface area contributed by atoms with Gasteiger partial charge in [-0.25, -0.2) is 15.0 Å². The summed E-state index contributed by atoms with van der Waals surface area (Å²) in [4.78, 5) is 14.2. The highest BCUT2D eigenvalue weighted by Gasteiger charge is 2.31. The molecule has 162 valence electrons. The molecule has 2 aromatic heterocycles. The number of aromatic nitrogens is 4. The Bertz CT molecular complexity index is 932. The van der Waals surface area contributed by atoms with Gasteiger partial charge in [0.1, 0.15) is 5.60 Å². The van der Waals surface area contributed by atoms with Crippen molar-refractivity contribution in [3.05, 3.63) is 12.2 Å². The Morgan fingerprint density at radius 3 is 2.67 bits per heavy atom. The van der Waals surface area contributed by atoms with Gasteiger partial charge in [-0.2, -0.15) is 0 Å². The Hall–Kier alpha value is -2.13. The van der Waals surface area contributed by atoms with Crippen molar-refractivity contribution in [2.75, 3.05) is 5.32 Å². The smallest absolute Gasteiger partial charge is 0.209 e. The molecule has 2 aliphatic carbocycles. The first kappa shape index (κ1) is 21.1. The summed E-state index contributed by atoms with van der Waals surface area (Å²) >= 11 is 0. The molecule has 2 aromatic rings. The molecule has 30 heavy (non-hydrogen) atoms. The van der Waals surface area contributed by atoms with Crippen LogP contribution in [0.5, 0.6) is 0 Å². The summed E-state index contributed by atoms with van der Waals surface area (Å²) in [6.45, 7) is 6.54. The van der Waals surface area contributed by atoms with Gasteiger partial charge in [-0.15, -0.1) is 0 Å². The monoisotopic (exact) mass is 409 g/mol. The molecule has 0 saturated heterocycles. The summed E-state index contributed by atoms with van der Waals surface area (Å²) in [6.07, 6.45) is 12.4. The predicted octanol–water partition coefficient (Wildman–Crippen LogP) is 4.83. The van der Waals surface area contributed by atoms with Crippen molar-refractivity contribution in [1.82, 2.24) is 19.5 Å². The average molecular weight is 410 g/mol. The largest absolute Gasteiger partial charge is 0.378 e. The molecule has 0 aliphatic heterocycles. The summed E-state index contributed by atoms with van der Waals surface area (Å²) in [5.74, 6) is 7.98. The number of hydrogen-bond donors (Lipinski definition) is 2. The average Bonchev–Trinajstić information content (AvgIpc) is 3.40. The molecule has 0 bridgehead atoms. The fraction of sp³-hybridized carbons (Fsp3) is 0.708. The van der Waals surface area contributed by atoms with Crippen LogP contribution in [0.1, 0.15) is 96.8 Å². The molecule has 0 unspecified atom stereocenters. The van der Waals surface area contributed by atoms with E-state index in [1.807, 2.05) is 6.33 Å². The number of anilines is 1. The molecular formula is C24H35N5O. The minimum atomic E-state index is -0.926. The Morgan fingerprint density at radius 2 is 1.97 bits per heavy atom. The van der Waals surface area contributed by atoms with E-state index in [2.05, 4.69) is 47.5 Å². The van der Waals surface area contributed by atoms with Crippen LogP contribution in [0, 0.1) is 17.8 Å². The number of rotatable bonds is 5. The van der Waals surface area contributed by atoms with Gasteiger partial charge in [0.25, 0.3) is 0 Å². The Balaban J connectivity index is 1.73. The summed E-state index contributed by atoms with van der Waals surface area (Å²) in [6, 6.07) is 0.791. The molecule has 0 amide bonds. The molecule has 2 aliphatic rings. The van der Waals surface area contributed by atoms with Crippen LogP contribution < -0.4 is 5.32 Å². The van der Waals surface area contributed by atoms with Crippen LogP contribution >= 0.6 is 0 Å². The van der Waals surface area contributed by atoms with E-state index >= 15 is 0 Å². The third kappa shape index (κ3) is 4.46. The lowest BCUT2D eigenvalue weighted by Crippen LogP contribution is -2.32. The predicted molar refractivity (Wildman–Crippen MR) is 120 cm³/mol. The van der Waals surface area contributed by atoms with Crippen molar-refractivity contribution >= 4 is 17.0 Å². The SMILES string of the molecule is CCC(CC)Nc1nc(C#C[C@]2(O)CCC[C@@H](C)C2)nc2c1ncn2C1CCCC1. The summed E-state index contributed by atoms with van der Waals surface area (Å²) in [5.41, 5.74) is 0.757. The van der Waals surface area contributed by atoms with Crippen molar-refractivity contribution in [2.24, 2.45) is 5.92 Å². The maximum atomic E-state index is 10.9. The van der Waals surface area contributed by atoms with E-state index < -0.39 is 5.60 Å². The molecular weight excluding hydrogens is 374 g/mol. The van der Waals surface area contributed by atoms with Gasteiger partial charge in [0.05, 0.1) is 6.33 Å². The Morgan fingerprint density at radius 1 is 1.20 bits per heavy atom. The molecule has 0 aromatic carbocycles. The number of nitrogens with zero attached hydrogens (tertiary/aromatic N) is 4. The maximum Gasteiger partial charge on any atom is 0.209 e. The third-order valence-corrected chi connectivity index (χ3v) is 6.85. The first-order valence-corrected chi connectivity index (χ1v) is 11.8. The number of imidazole rings is 1. The highest BCUT2D eigenvalue weighted by molar-refractivity contribution is 5.83. The van der Waals surface area contributed by atoms with Crippen molar-refractivity contribution in [1.29, 1.82) is 0 Å². The van der Waals surface area contributed by atoms with Crippen LogP contribution in [0.2, 0.25) is 0 Å². The third-order valence-electron chi connectivity index (χ3n) is 6.85. The normalized spacial score (nSPS) is 24.9. The van der Waals surface area contributed by atoms with Crippen LogP contribution in [-0.2, 0) is 0 Å². The molecule has 2 saturated carbocycles. The summed E-state index contributed by atoms with van der Waals surface area (Å²) < 4.78 is 2.21. The minimum Gasteiger partial charge on any atom is -0.378 e. The minimum absolute atomic E-state index is 0.337. The van der Waals surface area contributed by atoms with Crippen molar-refractivity contribution in [2.45, 2.75) is 103 Å². The molecule has 2 fully saturated rings. The topological polar surface area (TPSA) is 75.9 Å². The highest BCUT2D eigenvalue weighted by Crippen LogP contribution is 2.33. The zero-order valence-electron chi connectivity index (χ0n) is 18.6. The fourth-order valence-electron chi connectivity index (χ4n) is 5.02. The lowest BCUT2D eigenvalue weighted by molar-refractivity contribution is 0.0410. The lowest BCUT2D eigenvalue weighted by Gasteiger charge is -2.30. The Kier molecular flexibility index (Phi) is 6.29. The number of aliphatic hydroxyl groups is 1. The van der Waals surface area contributed by atoms with Gasteiger partial charge < -0.3 is 15.0 Å². The first-order valence-electron chi connectivity index (χ1n) is 11.8. The van der Waals surface area contributed by atoms with Crippen LogP contribution in [0.3, 0.4) is 0 Å². The van der Waals surface area contributed by atoms with Crippen LogP contribution in [0.15, 0.2) is 6.33 Å². The van der Waals surface area contributed by atoms with Gasteiger partial charge in [0.2, 0.25) is 5.82 Å². The lowest BCUT2D eigenvalue weighted by atomic mass is 9.79. The Labute approximate surface area is 179 Å². The number of hydrogen-bond acceptors (Lipinski definition) is 5. The molecule has 6 nitrogen and oxygen atoms in total. The van der Waals surface area contributed by atoms with Crippen molar-refractivity contribution in [3.63, 3.8) is 0 Å². The number of fused-ring (bicyclic) bond motifs is 1. The summed E-state index contributed by atoms with van der Waals surface area (Å²) in [5, 5.41) is 14.5. The van der Waals surface area contributed by atoms with Gasteiger partial charge in [-0.1, -0.05) is 46.0 Å². The van der Waals surface area contributed by atoms with Crippen molar-refractivity contribution < 1.29 is 5.11 Å². The van der Waals surface area contributed by atoms with E-state index in [0.29, 0.717) is 23.8 Å². The van der Waals surface area contributed by atoms with E-state index in [1.54, 1.807) is 0 Å². The van der Waals surface area contributed by atoms with E-state index in [9.17, 15) is 5.11 Å². The van der Waals surface area contributed by atoms with Crippen LogP contribution in [0.25, 0.3) is 11.2 Å². The molecule has 4 rings (SSSR count). The molecule has 2 heterocycles. The number of nitrogens with one attached hydrogen (secondary N) is 1.